The van der Waals surface area contributed by atoms with Crippen molar-refractivity contribution in [3.63, 3.8) is 0 Å². The van der Waals surface area contributed by atoms with E-state index in [0.717, 1.165) is 11.1 Å². The Morgan fingerprint density at radius 1 is 0.523 bits per heavy atom. The largest absolute Gasteiger partial charge is 0.416 e. The fourth-order valence-corrected chi connectivity index (χ4v) is 7.39. The summed E-state index contributed by atoms with van der Waals surface area (Å²) < 4.78 is 176. The highest BCUT2D eigenvalue weighted by Gasteiger charge is 2.39. The Morgan fingerprint density at radius 2 is 0.877 bits per heavy atom. The second-order valence-corrected chi connectivity index (χ2v) is 15.2. The van der Waals surface area contributed by atoms with Crippen molar-refractivity contribution in [1.29, 1.82) is 0 Å². The lowest BCUT2D eigenvalue weighted by molar-refractivity contribution is -0.160. The summed E-state index contributed by atoms with van der Waals surface area (Å²) in [7, 11) is 0. The quantitative estimate of drug-likeness (QED) is 0.0769. The standard InChI is InChI=1S/C42H28F12N6O5/c43-39(44,45)25-11-23(12-26(17-25)40(46,47)48)37-57-35(59-64-37)19-1-5-31-21(9-19)15-29(55-31)3-7-33(61)63-34(62)8-4-30-16-22-10-20(2-6-32(22)56-30)36-58-38(65-60-36)24-13-27(41(49,50)51)18-28(14-24)42(52,53)54/h1-2,5-6,9-14,17-18,29-30,55-56H,3-4,7-8,15-16H2. The Hall–Kier alpha value is -6.94. The first kappa shape index (κ1) is 44.7. The van der Waals surface area contributed by atoms with Gasteiger partial charge in [0.2, 0.25) is 11.6 Å². The molecule has 6 aromatic rings. The summed E-state index contributed by atoms with van der Waals surface area (Å²) in [5, 5.41) is 14.0. The summed E-state index contributed by atoms with van der Waals surface area (Å²) in [5.74, 6) is -2.81. The molecule has 2 atom stereocenters. The molecule has 0 saturated heterocycles. The zero-order valence-corrected chi connectivity index (χ0v) is 32.7. The van der Waals surface area contributed by atoms with E-state index >= 15 is 0 Å². The van der Waals surface area contributed by atoms with E-state index in [2.05, 4.69) is 30.9 Å². The summed E-state index contributed by atoms with van der Waals surface area (Å²) in [6.07, 6.45) is -19.2. The Bertz CT molecular complexity index is 2540. The predicted octanol–water partition coefficient (Wildman–Crippen LogP) is 11.2. The number of esters is 2. The number of hydrogen-bond acceptors (Lipinski definition) is 11. The minimum absolute atomic E-state index is 0.0115. The van der Waals surface area contributed by atoms with Crippen LogP contribution in [0.1, 0.15) is 59.1 Å². The maximum atomic E-state index is 13.4. The monoisotopic (exact) mass is 924 g/mol. The number of alkyl halides is 12. The van der Waals surface area contributed by atoms with E-state index in [1.54, 1.807) is 36.4 Å². The molecule has 2 aliphatic rings. The first-order chi connectivity index (χ1) is 30.5. The van der Waals surface area contributed by atoms with Crippen LogP contribution in [0.2, 0.25) is 0 Å². The average molecular weight is 925 g/mol. The third kappa shape index (κ3) is 10.1. The van der Waals surface area contributed by atoms with E-state index in [-0.39, 0.29) is 61.5 Å². The molecule has 340 valence electrons. The summed E-state index contributed by atoms with van der Waals surface area (Å²) in [5.41, 5.74) is -3.69. The van der Waals surface area contributed by atoms with E-state index in [0.29, 0.717) is 59.6 Å². The Balaban J connectivity index is 0.810. The van der Waals surface area contributed by atoms with Crippen molar-refractivity contribution in [3.05, 3.63) is 106 Å². The molecule has 0 radical (unpaired) electrons. The summed E-state index contributed by atoms with van der Waals surface area (Å²) in [6, 6.07) is 11.2. The van der Waals surface area contributed by atoms with Crippen LogP contribution < -0.4 is 10.6 Å². The van der Waals surface area contributed by atoms with Crippen LogP contribution in [0.15, 0.2) is 81.8 Å². The summed E-state index contributed by atoms with van der Waals surface area (Å²) in [4.78, 5) is 33.3. The molecule has 0 saturated carbocycles. The number of anilines is 2. The maximum Gasteiger partial charge on any atom is 0.416 e. The molecule has 0 bridgehead atoms. The number of halogens is 12. The number of fused-ring (bicyclic) bond motifs is 2. The van der Waals surface area contributed by atoms with Gasteiger partial charge in [-0.1, -0.05) is 10.3 Å². The fraction of sp³-hybridized carbons (Fsp3) is 0.286. The molecule has 23 heteroatoms. The molecule has 4 aromatic carbocycles. The maximum absolute atomic E-state index is 13.4. The molecule has 4 heterocycles. The SMILES string of the molecule is O=C(CCC1Cc2cc(-c3noc(-c4cc(C(F)(F)F)cc(C(F)(F)F)c4)n3)ccc2N1)OC(=O)CCC1Cc2cc(-c3noc(-c4cc(C(F)(F)F)cc(C(F)(F)F)c4)n3)ccc2N1. The highest BCUT2D eigenvalue weighted by atomic mass is 19.4. The average Bonchev–Trinajstić information content (AvgIpc) is 4.06. The molecule has 2 unspecified atom stereocenters. The Labute approximate surface area is 357 Å². The molecular formula is C42H28F12N6O5. The van der Waals surface area contributed by atoms with Crippen molar-refractivity contribution in [2.45, 2.75) is 75.3 Å². The molecule has 0 fully saturated rings. The van der Waals surface area contributed by atoms with E-state index in [4.69, 9.17) is 13.8 Å². The predicted molar refractivity (Wildman–Crippen MR) is 202 cm³/mol. The Kier molecular flexibility index (Phi) is 11.4. The van der Waals surface area contributed by atoms with Gasteiger partial charge in [0.15, 0.2) is 0 Å². The lowest BCUT2D eigenvalue weighted by atomic mass is 10.0. The third-order valence-electron chi connectivity index (χ3n) is 10.5. The zero-order chi connectivity index (χ0) is 46.6. The number of benzene rings is 4. The highest BCUT2D eigenvalue weighted by molar-refractivity contribution is 5.85. The summed E-state index contributed by atoms with van der Waals surface area (Å²) in [6.45, 7) is 0. The van der Waals surface area contributed by atoms with Crippen LogP contribution in [0.4, 0.5) is 64.1 Å². The van der Waals surface area contributed by atoms with Crippen LogP contribution >= 0.6 is 0 Å². The van der Waals surface area contributed by atoms with Gasteiger partial charge in [-0.25, -0.2) is 0 Å². The lowest BCUT2D eigenvalue weighted by Crippen LogP contribution is -2.21. The lowest BCUT2D eigenvalue weighted by Gasteiger charge is -2.12. The molecular weight excluding hydrogens is 896 g/mol. The minimum atomic E-state index is -5.07. The van der Waals surface area contributed by atoms with E-state index in [9.17, 15) is 62.3 Å². The molecule has 0 spiro atoms. The zero-order valence-electron chi connectivity index (χ0n) is 32.7. The van der Waals surface area contributed by atoms with Gasteiger partial charge in [0, 0.05) is 58.6 Å². The number of aromatic nitrogens is 4. The number of ether oxygens (including phenoxy) is 1. The van der Waals surface area contributed by atoms with Crippen LogP contribution in [-0.2, 0) is 51.9 Å². The van der Waals surface area contributed by atoms with Crippen LogP contribution in [0.5, 0.6) is 0 Å². The molecule has 2 aliphatic heterocycles. The molecule has 65 heavy (non-hydrogen) atoms. The number of nitrogens with one attached hydrogen (secondary N) is 2. The molecule has 11 nitrogen and oxygen atoms in total. The van der Waals surface area contributed by atoms with Gasteiger partial charge in [-0.15, -0.1) is 0 Å². The van der Waals surface area contributed by atoms with Crippen molar-refractivity contribution >= 4 is 23.3 Å². The van der Waals surface area contributed by atoms with Crippen molar-refractivity contribution < 1.29 is 76.1 Å². The van der Waals surface area contributed by atoms with Crippen LogP contribution in [-0.4, -0.2) is 44.3 Å². The molecule has 0 amide bonds. The Morgan fingerprint density at radius 3 is 1.22 bits per heavy atom. The highest BCUT2D eigenvalue weighted by Crippen LogP contribution is 2.41. The normalized spacial score (nSPS) is 16.2. The fourth-order valence-electron chi connectivity index (χ4n) is 7.39. The molecule has 8 rings (SSSR count). The number of rotatable bonds is 10. The number of nitrogens with zero attached hydrogens (tertiary/aromatic N) is 4. The van der Waals surface area contributed by atoms with Gasteiger partial charge in [0.1, 0.15) is 0 Å². The van der Waals surface area contributed by atoms with Crippen molar-refractivity contribution in [2.75, 3.05) is 10.6 Å². The minimum Gasteiger partial charge on any atom is -0.393 e. The van der Waals surface area contributed by atoms with Gasteiger partial charge in [-0.3, -0.25) is 9.59 Å². The van der Waals surface area contributed by atoms with E-state index in [1.807, 2.05) is 0 Å². The third-order valence-corrected chi connectivity index (χ3v) is 10.5. The smallest absolute Gasteiger partial charge is 0.393 e. The molecule has 2 N–H and O–H groups in total. The van der Waals surface area contributed by atoms with Crippen molar-refractivity contribution in [1.82, 2.24) is 20.3 Å². The van der Waals surface area contributed by atoms with Crippen molar-refractivity contribution in [2.24, 2.45) is 0 Å². The van der Waals surface area contributed by atoms with Gasteiger partial charge in [0.25, 0.3) is 11.8 Å². The van der Waals surface area contributed by atoms with Crippen LogP contribution in [0, 0.1) is 0 Å². The number of hydrogen-bond donors (Lipinski definition) is 2. The van der Waals surface area contributed by atoms with Gasteiger partial charge in [0.05, 0.1) is 22.3 Å². The molecule has 2 aromatic heterocycles. The molecule has 0 aliphatic carbocycles. The van der Waals surface area contributed by atoms with Gasteiger partial charge >= 0.3 is 36.6 Å². The second kappa shape index (κ2) is 16.6. The van der Waals surface area contributed by atoms with Gasteiger partial charge in [-0.2, -0.15) is 62.7 Å². The summed E-state index contributed by atoms with van der Waals surface area (Å²) >= 11 is 0. The van der Waals surface area contributed by atoms with E-state index in [1.165, 1.54) is 0 Å². The van der Waals surface area contributed by atoms with E-state index < -0.39 is 81.8 Å². The van der Waals surface area contributed by atoms with Gasteiger partial charge in [-0.05, 0) is 110 Å². The first-order valence-corrected chi connectivity index (χ1v) is 19.3. The van der Waals surface area contributed by atoms with Crippen molar-refractivity contribution in [3.8, 4) is 45.7 Å². The number of carbonyl (C=O) groups is 2. The second-order valence-electron chi connectivity index (χ2n) is 15.2. The van der Waals surface area contributed by atoms with Crippen LogP contribution in [0.3, 0.4) is 0 Å². The topological polar surface area (TPSA) is 145 Å². The van der Waals surface area contributed by atoms with Crippen LogP contribution in [0.25, 0.3) is 45.7 Å². The number of carbonyl (C=O) groups excluding carboxylic acids is 2. The first-order valence-electron chi connectivity index (χ1n) is 19.3. The van der Waals surface area contributed by atoms with Gasteiger partial charge < -0.3 is 24.4 Å².